The average Bonchev–Trinajstić information content (AvgIpc) is 2.50. The van der Waals surface area contributed by atoms with E-state index in [4.69, 9.17) is 21.4 Å². The van der Waals surface area contributed by atoms with Gasteiger partial charge in [0.2, 0.25) is 0 Å². The third-order valence-electron chi connectivity index (χ3n) is 2.69. The van der Waals surface area contributed by atoms with Crippen molar-refractivity contribution < 1.29 is 14.6 Å². The molecule has 1 rings (SSSR count). The van der Waals surface area contributed by atoms with E-state index in [1.807, 2.05) is 0 Å². The minimum Gasteiger partial charge on any atom is -0.480 e. The van der Waals surface area contributed by atoms with Crippen LogP contribution in [0.2, 0.25) is 0 Å². The Balaban J connectivity index is 2.46. The number of alkyl halides is 1. The number of carboxylic acids is 1. The number of hydrogen-bond donors (Lipinski definition) is 1. The van der Waals surface area contributed by atoms with Gasteiger partial charge in [0.05, 0.1) is 6.10 Å². The zero-order valence-electron chi connectivity index (χ0n) is 8.46. The Kier molecular flexibility index (Phi) is 4.20. The van der Waals surface area contributed by atoms with Gasteiger partial charge in [0.15, 0.2) is 4.87 Å². The summed E-state index contributed by atoms with van der Waals surface area (Å²) in [5.74, 6) is -0.946. The van der Waals surface area contributed by atoms with Crippen molar-refractivity contribution in [2.75, 3.05) is 6.61 Å². The third kappa shape index (κ3) is 2.39. The zero-order valence-corrected chi connectivity index (χ0v) is 9.22. The standard InChI is InChI=1S/C10H17ClO3/c1-2-3-7-14-8-5-4-6-10(8,11)9(12)13/h8H,2-7H2,1H3,(H,12,13)/t8-,10+/m0/s1. The molecule has 2 atom stereocenters. The minimum absolute atomic E-state index is 0.312. The largest absolute Gasteiger partial charge is 0.480 e. The number of carbonyl (C=O) groups is 1. The molecule has 1 aliphatic carbocycles. The molecule has 0 unspecified atom stereocenters. The van der Waals surface area contributed by atoms with Crippen molar-refractivity contribution in [2.45, 2.75) is 50.0 Å². The molecular weight excluding hydrogens is 204 g/mol. The first-order chi connectivity index (χ1) is 6.61. The number of carboxylic acid groups (broad SMARTS) is 1. The summed E-state index contributed by atoms with van der Waals surface area (Å²) in [6, 6.07) is 0. The van der Waals surface area contributed by atoms with Crippen LogP contribution in [-0.2, 0) is 9.53 Å². The molecule has 0 saturated heterocycles. The van der Waals surface area contributed by atoms with E-state index in [-0.39, 0.29) is 6.10 Å². The van der Waals surface area contributed by atoms with E-state index < -0.39 is 10.8 Å². The molecule has 0 aliphatic heterocycles. The van der Waals surface area contributed by atoms with Crippen molar-refractivity contribution in [1.29, 1.82) is 0 Å². The molecule has 0 spiro atoms. The molecule has 3 nitrogen and oxygen atoms in total. The molecule has 0 amide bonds. The van der Waals surface area contributed by atoms with Gasteiger partial charge >= 0.3 is 5.97 Å². The van der Waals surface area contributed by atoms with Crippen LogP contribution in [0.25, 0.3) is 0 Å². The first kappa shape index (κ1) is 11.8. The molecular formula is C10H17ClO3. The molecule has 0 heterocycles. The van der Waals surface area contributed by atoms with E-state index in [9.17, 15) is 4.79 Å². The van der Waals surface area contributed by atoms with Crippen LogP contribution in [0.3, 0.4) is 0 Å². The van der Waals surface area contributed by atoms with Gasteiger partial charge in [-0.15, -0.1) is 11.6 Å². The van der Waals surface area contributed by atoms with Gasteiger partial charge in [-0.25, -0.2) is 0 Å². The van der Waals surface area contributed by atoms with Crippen molar-refractivity contribution in [3.8, 4) is 0 Å². The molecule has 0 aromatic heterocycles. The molecule has 0 bridgehead atoms. The number of rotatable bonds is 5. The van der Waals surface area contributed by atoms with Crippen LogP contribution in [0.15, 0.2) is 0 Å². The lowest BCUT2D eigenvalue weighted by Gasteiger charge is -2.24. The summed E-state index contributed by atoms with van der Waals surface area (Å²) in [6.07, 6.45) is 3.82. The van der Waals surface area contributed by atoms with Gasteiger partial charge in [0, 0.05) is 6.61 Å². The van der Waals surface area contributed by atoms with E-state index in [1.165, 1.54) is 0 Å². The van der Waals surface area contributed by atoms with Crippen molar-refractivity contribution in [3.05, 3.63) is 0 Å². The summed E-state index contributed by atoms with van der Waals surface area (Å²) in [5, 5.41) is 8.99. The second-order valence-electron chi connectivity index (χ2n) is 3.77. The highest BCUT2D eigenvalue weighted by Crippen LogP contribution is 2.38. The van der Waals surface area contributed by atoms with E-state index >= 15 is 0 Å². The summed E-state index contributed by atoms with van der Waals surface area (Å²) >= 11 is 6.03. The highest BCUT2D eigenvalue weighted by Gasteiger charge is 2.48. The second-order valence-corrected chi connectivity index (χ2v) is 4.45. The highest BCUT2D eigenvalue weighted by atomic mass is 35.5. The van der Waals surface area contributed by atoms with Crippen molar-refractivity contribution >= 4 is 17.6 Å². The van der Waals surface area contributed by atoms with Crippen LogP contribution in [0.1, 0.15) is 39.0 Å². The van der Waals surface area contributed by atoms with Crippen LogP contribution in [0, 0.1) is 0 Å². The molecule has 0 radical (unpaired) electrons. The molecule has 0 aromatic rings. The normalized spacial score (nSPS) is 32.0. The number of ether oxygens (including phenoxy) is 1. The fourth-order valence-corrected chi connectivity index (χ4v) is 2.07. The van der Waals surface area contributed by atoms with Crippen molar-refractivity contribution in [3.63, 3.8) is 0 Å². The minimum atomic E-state index is -1.17. The molecule has 1 saturated carbocycles. The van der Waals surface area contributed by atoms with E-state index in [0.29, 0.717) is 13.0 Å². The molecule has 0 aromatic carbocycles. The Hall–Kier alpha value is -0.280. The monoisotopic (exact) mass is 220 g/mol. The SMILES string of the molecule is CCCCO[C@H]1CCC[C@]1(Cl)C(=O)O. The second kappa shape index (κ2) is 4.99. The van der Waals surface area contributed by atoms with Gasteiger partial charge in [-0.3, -0.25) is 4.79 Å². The van der Waals surface area contributed by atoms with Crippen LogP contribution in [0.5, 0.6) is 0 Å². The third-order valence-corrected chi connectivity index (χ3v) is 3.28. The topological polar surface area (TPSA) is 46.5 Å². The first-order valence-electron chi connectivity index (χ1n) is 5.15. The van der Waals surface area contributed by atoms with E-state index in [1.54, 1.807) is 0 Å². The zero-order chi connectivity index (χ0) is 10.6. The fraction of sp³-hybridized carbons (Fsp3) is 0.900. The molecule has 1 fully saturated rings. The Labute approximate surface area is 89.4 Å². The van der Waals surface area contributed by atoms with Gasteiger partial charge in [-0.2, -0.15) is 0 Å². The van der Waals surface area contributed by atoms with Gasteiger partial charge in [0.25, 0.3) is 0 Å². The predicted octanol–water partition coefficient (Wildman–Crippen LogP) is 2.42. The Morgan fingerprint density at radius 2 is 2.43 bits per heavy atom. The highest BCUT2D eigenvalue weighted by molar-refractivity contribution is 6.34. The quantitative estimate of drug-likeness (QED) is 0.572. The molecule has 4 heteroatoms. The van der Waals surface area contributed by atoms with Gasteiger partial charge in [0.1, 0.15) is 0 Å². The van der Waals surface area contributed by atoms with Gasteiger partial charge in [-0.05, 0) is 25.7 Å². The Bertz CT molecular complexity index is 208. The maximum Gasteiger partial charge on any atom is 0.327 e. The lowest BCUT2D eigenvalue weighted by Crippen LogP contribution is -2.41. The Morgan fingerprint density at radius 1 is 1.71 bits per heavy atom. The van der Waals surface area contributed by atoms with E-state index in [0.717, 1.165) is 25.7 Å². The maximum atomic E-state index is 11.0. The number of unbranched alkanes of at least 4 members (excludes halogenated alkanes) is 1. The summed E-state index contributed by atoms with van der Waals surface area (Å²) in [6.45, 7) is 2.69. The average molecular weight is 221 g/mol. The van der Waals surface area contributed by atoms with Crippen molar-refractivity contribution in [1.82, 2.24) is 0 Å². The lowest BCUT2D eigenvalue weighted by atomic mass is 10.1. The first-order valence-corrected chi connectivity index (χ1v) is 5.53. The van der Waals surface area contributed by atoms with Crippen LogP contribution >= 0.6 is 11.6 Å². The number of hydrogen-bond acceptors (Lipinski definition) is 2. The van der Waals surface area contributed by atoms with E-state index in [2.05, 4.69) is 6.92 Å². The number of aliphatic carboxylic acids is 1. The fourth-order valence-electron chi connectivity index (χ4n) is 1.76. The van der Waals surface area contributed by atoms with Crippen LogP contribution in [-0.4, -0.2) is 28.7 Å². The van der Waals surface area contributed by atoms with Gasteiger partial charge < -0.3 is 9.84 Å². The molecule has 1 N–H and O–H groups in total. The predicted molar refractivity (Wildman–Crippen MR) is 54.7 cm³/mol. The summed E-state index contributed by atoms with van der Waals surface area (Å²) in [4.78, 5) is 9.78. The van der Waals surface area contributed by atoms with Gasteiger partial charge in [-0.1, -0.05) is 13.3 Å². The van der Waals surface area contributed by atoms with Crippen molar-refractivity contribution in [2.24, 2.45) is 0 Å². The Morgan fingerprint density at radius 3 is 3.00 bits per heavy atom. The number of halogens is 1. The summed E-state index contributed by atoms with van der Waals surface area (Å²) < 4.78 is 5.51. The molecule has 82 valence electrons. The molecule has 14 heavy (non-hydrogen) atoms. The van der Waals surface area contributed by atoms with Crippen LogP contribution < -0.4 is 0 Å². The summed E-state index contributed by atoms with van der Waals surface area (Å²) in [7, 11) is 0. The molecule has 1 aliphatic rings. The smallest absolute Gasteiger partial charge is 0.327 e. The maximum absolute atomic E-state index is 11.0. The van der Waals surface area contributed by atoms with Crippen LogP contribution in [0.4, 0.5) is 0 Å². The summed E-state index contributed by atoms with van der Waals surface area (Å²) in [5.41, 5.74) is 0. The lowest BCUT2D eigenvalue weighted by molar-refractivity contribution is -0.143.